The number of fused-ring (bicyclic) bond motifs is 9. The molecular weight excluding hydrogens is 933 g/mol. The van der Waals surface area contributed by atoms with E-state index in [1.54, 1.807) is 0 Å². The average Bonchev–Trinajstić information content (AvgIpc) is 4.18. The zero-order chi connectivity index (χ0) is 50.2. The Morgan fingerprint density at radius 3 is 1.36 bits per heavy atom. The van der Waals surface area contributed by atoms with Crippen LogP contribution in [0.25, 0.3) is 77.2 Å². The second-order valence-corrected chi connectivity index (χ2v) is 24.1. The molecule has 0 unspecified atom stereocenters. The summed E-state index contributed by atoms with van der Waals surface area (Å²) in [4.78, 5) is 0. The van der Waals surface area contributed by atoms with Crippen LogP contribution in [0.2, 0.25) is 0 Å². The highest BCUT2D eigenvalue weighted by atomic mass is 28.3. The third kappa shape index (κ3) is 6.33. The first-order chi connectivity index (χ1) is 37.7. The predicted molar refractivity (Wildman–Crippen MR) is 321 cm³/mol. The maximum Gasteiger partial charge on any atom is 0.179 e. The van der Waals surface area contributed by atoms with Crippen LogP contribution in [0.1, 0.15) is 22.3 Å². The summed E-state index contributed by atoms with van der Waals surface area (Å²) in [7, 11) is -2.75. The van der Waals surface area contributed by atoms with Crippen molar-refractivity contribution < 1.29 is 0 Å². The van der Waals surface area contributed by atoms with Gasteiger partial charge in [-0.15, -0.1) is 0 Å². The quantitative estimate of drug-likeness (QED) is 0.101. The number of para-hydroxylation sites is 3. The topological polar surface area (TPSA) is 9.86 Å². The summed E-state index contributed by atoms with van der Waals surface area (Å²) >= 11 is 0. The molecule has 0 aliphatic heterocycles. The van der Waals surface area contributed by atoms with Gasteiger partial charge in [0.2, 0.25) is 0 Å². The van der Waals surface area contributed by atoms with E-state index in [2.05, 4.69) is 312 Å². The Kier molecular flexibility index (Phi) is 10.2. The molecule has 3 heteroatoms. The van der Waals surface area contributed by atoms with Crippen molar-refractivity contribution in [1.29, 1.82) is 0 Å². The van der Waals surface area contributed by atoms with Gasteiger partial charge in [-0.1, -0.05) is 267 Å². The lowest BCUT2D eigenvalue weighted by atomic mass is 9.66. The van der Waals surface area contributed by atoms with E-state index in [4.69, 9.17) is 0 Å². The van der Waals surface area contributed by atoms with Gasteiger partial charge >= 0.3 is 0 Å². The van der Waals surface area contributed by atoms with Crippen molar-refractivity contribution >= 4 is 72.4 Å². The fourth-order valence-electron chi connectivity index (χ4n) is 13.5. The Labute approximate surface area is 443 Å². The zero-order valence-corrected chi connectivity index (χ0v) is 42.8. The summed E-state index contributed by atoms with van der Waals surface area (Å²) in [5, 5.41) is 10.3. The number of hydrogen-bond acceptors (Lipinski definition) is 0. The smallest absolute Gasteiger partial charge is 0.179 e. The molecule has 0 radical (unpaired) electrons. The molecule has 1 aliphatic carbocycles. The first-order valence-corrected chi connectivity index (χ1v) is 28.4. The van der Waals surface area contributed by atoms with Crippen LogP contribution in [0, 0.1) is 0 Å². The third-order valence-electron chi connectivity index (χ3n) is 16.6. The minimum Gasteiger partial charge on any atom is -0.307 e. The monoisotopic (exact) mass is 982 g/mol. The van der Waals surface area contributed by atoms with Crippen molar-refractivity contribution in [1.82, 2.24) is 9.13 Å². The van der Waals surface area contributed by atoms with E-state index < -0.39 is 13.5 Å². The zero-order valence-electron chi connectivity index (χ0n) is 41.8. The molecule has 0 N–H and O–H groups in total. The highest BCUT2D eigenvalue weighted by molar-refractivity contribution is 7.19. The average molecular weight is 983 g/mol. The van der Waals surface area contributed by atoms with Gasteiger partial charge in [0.15, 0.2) is 8.07 Å². The molecule has 2 heterocycles. The van der Waals surface area contributed by atoms with Crippen LogP contribution in [-0.2, 0) is 5.41 Å². The third-order valence-corrected chi connectivity index (χ3v) is 21.3. The predicted octanol–water partition coefficient (Wildman–Crippen LogP) is 15.3. The number of benzene rings is 12. The fraction of sp³-hybridized carbons (Fsp3) is 0.0137. The summed E-state index contributed by atoms with van der Waals surface area (Å²) in [5.74, 6) is 0. The fourth-order valence-corrected chi connectivity index (χ4v) is 18.3. The molecule has 2 aromatic heterocycles. The van der Waals surface area contributed by atoms with Crippen molar-refractivity contribution in [3.8, 4) is 33.6 Å². The summed E-state index contributed by atoms with van der Waals surface area (Å²) in [5.41, 5.74) is 16.5. The first-order valence-electron chi connectivity index (χ1n) is 26.4. The summed E-state index contributed by atoms with van der Waals surface area (Å²) in [6, 6.07) is 113. The van der Waals surface area contributed by atoms with Gasteiger partial charge in [0, 0.05) is 27.2 Å². The van der Waals surface area contributed by atoms with Crippen LogP contribution < -0.4 is 20.7 Å². The lowest BCUT2D eigenvalue weighted by Crippen LogP contribution is -2.74. The van der Waals surface area contributed by atoms with Crippen molar-refractivity contribution in [2.45, 2.75) is 5.41 Å². The minimum atomic E-state index is -2.75. The van der Waals surface area contributed by atoms with Crippen molar-refractivity contribution in [3.63, 3.8) is 0 Å². The molecular formula is C73H50N2Si. The molecule has 0 fully saturated rings. The largest absolute Gasteiger partial charge is 0.307 e. The molecule has 2 nitrogen and oxygen atoms in total. The second kappa shape index (κ2) is 17.6. The Balaban J connectivity index is 0.973. The lowest BCUT2D eigenvalue weighted by molar-refractivity contribution is 0.770. The van der Waals surface area contributed by atoms with Crippen molar-refractivity contribution in [2.24, 2.45) is 0 Å². The molecule has 0 bridgehead atoms. The molecule has 15 rings (SSSR count). The summed E-state index contributed by atoms with van der Waals surface area (Å²) in [6.07, 6.45) is 0. The van der Waals surface area contributed by atoms with Gasteiger partial charge in [0.25, 0.3) is 0 Å². The standard InChI is InChI=1S/C73H50N2Si/c1-6-24-52(25-7-1)73(53-26-8-2-9-27-53)66-40-19-16-34-60(66)64-38-22-37-59(71(64)73)51-44-49-63-61-35-17-21-42-68(61)75(70(63)50-51)69-43-23-39-65-62-36-18-20-41-67(62)74(72(65)69)54-45-47-58(48-46-54)76(55-28-10-3-11-29-55,56-30-12-4-13-31-56)57-32-14-5-15-33-57/h1-50H. The van der Waals surface area contributed by atoms with Gasteiger partial charge in [-0.3, -0.25) is 0 Å². The number of aromatic nitrogens is 2. The summed E-state index contributed by atoms with van der Waals surface area (Å²) in [6.45, 7) is 0. The first kappa shape index (κ1) is 44.0. The Hall–Kier alpha value is -9.54. The Morgan fingerprint density at radius 1 is 0.289 bits per heavy atom. The van der Waals surface area contributed by atoms with Gasteiger partial charge < -0.3 is 9.13 Å². The maximum atomic E-state index is 2.54. The van der Waals surface area contributed by atoms with E-state index in [9.17, 15) is 0 Å². The minimum absolute atomic E-state index is 0.541. The second-order valence-electron chi connectivity index (χ2n) is 20.3. The van der Waals surface area contributed by atoms with Gasteiger partial charge in [-0.05, 0) is 102 Å². The van der Waals surface area contributed by atoms with Crippen LogP contribution in [-0.4, -0.2) is 17.2 Å². The Bertz CT molecular complexity index is 4350. The molecule has 0 atom stereocenters. The van der Waals surface area contributed by atoms with Gasteiger partial charge in [-0.25, -0.2) is 0 Å². The molecule has 0 saturated carbocycles. The maximum absolute atomic E-state index is 2.75. The van der Waals surface area contributed by atoms with E-state index in [1.807, 2.05) is 0 Å². The van der Waals surface area contributed by atoms with Crippen LogP contribution >= 0.6 is 0 Å². The molecule has 76 heavy (non-hydrogen) atoms. The van der Waals surface area contributed by atoms with E-state index in [0.717, 1.165) is 11.4 Å². The number of nitrogens with zero attached hydrogens (tertiary/aromatic N) is 2. The highest BCUT2D eigenvalue weighted by Crippen LogP contribution is 2.59. The van der Waals surface area contributed by atoms with E-state index >= 15 is 0 Å². The number of rotatable bonds is 9. The molecule has 12 aromatic carbocycles. The van der Waals surface area contributed by atoms with Crippen molar-refractivity contribution in [3.05, 3.63) is 326 Å². The van der Waals surface area contributed by atoms with Crippen LogP contribution in [0.3, 0.4) is 0 Å². The lowest BCUT2D eigenvalue weighted by Gasteiger charge is -2.35. The molecule has 14 aromatic rings. The molecule has 0 amide bonds. The SMILES string of the molecule is c1ccc(C2(c3ccccc3)c3ccccc3-c3cccc(-c4ccc5c6ccccc6n(-c6cccc7c8ccccc8n(-c8ccc([Si](c9ccccc9)(c9ccccc9)c9ccccc9)cc8)c67)c5c4)c32)cc1. The molecule has 1 aliphatic rings. The van der Waals surface area contributed by atoms with Gasteiger partial charge in [0.05, 0.1) is 33.2 Å². The Morgan fingerprint density at radius 2 is 0.737 bits per heavy atom. The normalized spacial score (nSPS) is 12.8. The van der Waals surface area contributed by atoms with Gasteiger partial charge in [0.1, 0.15) is 0 Å². The molecule has 0 saturated heterocycles. The molecule has 0 spiro atoms. The van der Waals surface area contributed by atoms with Crippen LogP contribution in [0.4, 0.5) is 0 Å². The molecule has 356 valence electrons. The van der Waals surface area contributed by atoms with E-state index in [-0.39, 0.29) is 0 Å². The van der Waals surface area contributed by atoms with Crippen molar-refractivity contribution in [2.75, 3.05) is 0 Å². The van der Waals surface area contributed by atoms with Gasteiger partial charge in [-0.2, -0.15) is 0 Å². The van der Waals surface area contributed by atoms with Crippen LogP contribution in [0.15, 0.2) is 303 Å². The number of hydrogen-bond donors (Lipinski definition) is 0. The van der Waals surface area contributed by atoms with E-state index in [0.29, 0.717) is 0 Å². The summed E-state index contributed by atoms with van der Waals surface area (Å²) < 4.78 is 5.05. The van der Waals surface area contributed by atoms with E-state index in [1.165, 1.54) is 109 Å². The van der Waals surface area contributed by atoms with Crippen LogP contribution in [0.5, 0.6) is 0 Å². The highest BCUT2D eigenvalue weighted by Gasteiger charge is 2.47.